The van der Waals surface area contributed by atoms with Gasteiger partial charge in [-0.15, -0.1) is 10.2 Å². The molecule has 14 rings (SSSR count). The third-order valence-electron chi connectivity index (χ3n) is 17.6. The monoisotopic (exact) mass is 1800 g/mol. The minimum Gasteiger partial charge on any atom is -0.478 e. The summed E-state index contributed by atoms with van der Waals surface area (Å²) in [7, 11) is 3.96. The fourth-order valence-corrected chi connectivity index (χ4v) is 11.9. The van der Waals surface area contributed by atoms with Crippen LogP contribution in [0.4, 0.5) is 28.4 Å². The first-order valence-electron chi connectivity index (χ1n) is 36.5. The van der Waals surface area contributed by atoms with Gasteiger partial charge in [-0.25, -0.2) is 42.9 Å². The highest BCUT2D eigenvalue weighted by atomic mass is 127. The average molecular weight is 1800 g/mol. The number of nitrogen functional groups attached to an aromatic ring is 1. The van der Waals surface area contributed by atoms with Crippen molar-refractivity contribution >= 4 is 92.8 Å². The molecule has 0 bridgehead atoms. The predicted molar refractivity (Wildman–Crippen MR) is 467 cm³/mol. The normalized spacial score (nSPS) is 10.1. The SMILES string of the molecule is COC(=O)c1cc(-c2ccc(C)cc2)cc(-n2cnnn2)c1.COC(=O)c1cc(-c2ccc(C)cc2)cc([N+](=O)[O-])c1.COC(=O)c1cc(N)cc(-c2ccc(C)cc2)c1.Cc1ccc(-c2cc(C(=O)O)cc(-n3cnnn3)c2)cc1.Cc1ccc(-c2cc(C(=O)O)cc([N+](=O)[O-])c2)cc1.O=C(O)c1cc(I)cc([N+](=O)[O-])c1.O=C(O)c1cccc([N+](=O)[O-])c1. The fourth-order valence-electron chi connectivity index (χ4n) is 11.2. The summed E-state index contributed by atoms with van der Waals surface area (Å²) in [5.74, 6) is -5.88. The number of non-ortho nitro benzene ring substituents is 4. The van der Waals surface area contributed by atoms with Gasteiger partial charge in [0.15, 0.2) is 0 Å². The molecular formula is C89H74IN13O22. The van der Waals surface area contributed by atoms with Crippen LogP contribution in [0.2, 0.25) is 0 Å². The Morgan fingerprint density at radius 1 is 0.320 bits per heavy atom. The molecule has 2 heterocycles. The Balaban J connectivity index is 0.000000182. The predicted octanol–water partition coefficient (Wildman–Crippen LogP) is 17.6. The number of aryl methyl sites for hydroxylation is 5. The van der Waals surface area contributed by atoms with E-state index in [0.717, 1.165) is 79.4 Å². The number of hydrogen-bond acceptors (Lipinski definition) is 25. The number of benzene rings is 12. The molecule has 0 saturated carbocycles. The number of carboxylic acid groups (broad SMARTS) is 4. The molecule has 0 saturated heterocycles. The largest absolute Gasteiger partial charge is 0.478 e. The molecule has 634 valence electrons. The number of nitro benzene ring substituents is 4. The summed E-state index contributed by atoms with van der Waals surface area (Å²) >= 11 is 1.83. The number of halogens is 1. The number of carbonyl (C=O) groups is 7. The highest BCUT2D eigenvalue weighted by Crippen LogP contribution is 2.32. The van der Waals surface area contributed by atoms with E-state index in [1.165, 1.54) is 115 Å². The number of carboxylic acids is 4. The number of anilines is 1. The van der Waals surface area contributed by atoms with Crippen molar-refractivity contribution in [2.24, 2.45) is 0 Å². The second-order valence-corrected chi connectivity index (χ2v) is 28.0. The van der Waals surface area contributed by atoms with Gasteiger partial charge < -0.3 is 40.4 Å². The van der Waals surface area contributed by atoms with Gasteiger partial charge in [-0.05, 0) is 213 Å². The lowest BCUT2D eigenvalue weighted by atomic mass is 10.0. The molecular weight excluding hydrogens is 1730 g/mol. The van der Waals surface area contributed by atoms with Gasteiger partial charge in [0.05, 0.1) is 91.3 Å². The Bertz CT molecular complexity index is 6190. The molecule has 0 aliphatic carbocycles. The first-order valence-corrected chi connectivity index (χ1v) is 37.6. The number of tetrazole rings is 2. The second-order valence-electron chi connectivity index (χ2n) is 26.7. The van der Waals surface area contributed by atoms with Crippen molar-refractivity contribution in [3.8, 4) is 67.0 Å². The lowest BCUT2D eigenvalue weighted by molar-refractivity contribution is -0.385. The molecule has 0 fully saturated rings. The number of carbonyl (C=O) groups excluding carboxylic acids is 3. The van der Waals surface area contributed by atoms with Crippen LogP contribution in [0.1, 0.15) is 100 Å². The Kier molecular flexibility index (Phi) is 33.2. The van der Waals surface area contributed by atoms with Crippen molar-refractivity contribution in [3.63, 3.8) is 0 Å². The minimum absolute atomic E-state index is 0.0707. The van der Waals surface area contributed by atoms with Gasteiger partial charge in [0.2, 0.25) is 0 Å². The standard InChI is InChI=1S/C16H14N4O2.C15H12N4O2.C15H13NO4.C15H15NO2.C14H11NO4.C7H4INO4.C7H5NO4/c1-11-3-5-12(6-4-11)13-7-14(16(21)22-2)9-15(8-13)20-10-17-18-19-20;1-10-2-4-11(5-3-10)12-6-13(15(20)21)8-14(7-12)19-9-16-17-18-19;1-10-3-5-11(6-4-10)12-7-13(15(17)20-2)9-14(8-12)16(18)19;1-10-3-5-11(6-4-10)12-7-13(15(17)18-2)9-14(16)8-12;1-9-2-4-10(5-3-9)11-6-12(14(16)17)8-13(7-11)15(18)19;8-5-1-4(7(10)11)2-6(3-5)9(12)13;9-7(10)5-2-1-3-6(4-5)8(11)12/h3-10H,1-2H3;2-9H,1H3,(H,20,21);3-9H,1-2H3;3-9H,16H2,1-2H3;2-8H,1H3,(H,16,17);1-3H,(H,10,11);1-4H,(H,9,10). The van der Waals surface area contributed by atoms with E-state index in [1.807, 2.05) is 185 Å². The number of hydrogen-bond donors (Lipinski definition) is 5. The highest BCUT2D eigenvalue weighted by molar-refractivity contribution is 14.1. The van der Waals surface area contributed by atoms with Gasteiger partial charge in [0, 0.05) is 57.8 Å². The van der Waals surface area contributed by atoms with Crippen LogP contribution in [-0.4, -0.2) is 144 Å². The smallest absolute Gasteiger partial charge is 0.338 e. The molecule has 125 heavy (non-hydrogen) atoms. The van der Waals surface area contributed by atoms with Gasteiger partial charge in [0.25, 0.3) is 22.7 Å². The number of aromatic carboxylic acids is 4. The quantitative estimate of drug-likeness (QED) is 0.0133. The van der Waals surface area contributed by atoms with Crippen LogP contribution in [0.15, 0.2) is 267 Å². The Labute approximate surface area is 724 Å². The van der Waals surface area contributed by atoms with Gasteiger partial charge in [-0.1, -0.05) is 155 Å². The molecule has 6 N–H and O–H groups in total. The van der Waals surface area contributed by atoms with Crippen LogP contribution >= 0.6 is 22.6 Å². The van der Waals surface area contributed by atoms with E-state index >= 15 is 0 Å². The van der Waals surface area contributed by atoms with Crippen molar-refractivity contribution in [1.82, 2.24) is 40.4 Å². The van der Waals surface area contributed by atoms with Gasteiger partial charge in [-0.3, -0.25) is 40.5 Å². The Hall–Kier alpha value is -16.8. The third kappa shape index (κ3) is 27.6. The fraction of sp³-hybridized carbons (Fsp3) is 0.0899. The van der Waals surface area contributed by atoms with Crippen molar-refractivity contribution in [3.05, 3.63) is 378 Å². The lowest BCUT2D eigenvalue weighted by Crippen LogP contribution is -2.04. The van der Waals surface area contributed by atoms with Crippen LogP contribution in [-0.2, 0) is 14.2 Å². The Morgan fingerprint density at radius 3 is 0.912 bits per heavy atom. The molecule has 36 heteroatoms. The zero-order valence-corrected chi connectivity index (χ0v) is 69.5. The first-order chi connectivity index (χ1) is 59.5. The maximum atomic E-state index is 11.9. The molecule has 0 radical (unpaired) electrons. The summed E-state index contributed by atoms with van der Waals surface area (Å²) in [5, 5.41) is 99.7. The summed E-state index contributed by atoms with van der Waals surface area (Å²) in [4.78, 5) is 118. The van der Waals surface area contributed by atoms with Crippen LogP contribution in [0.25, 0.3) is 67.0 Å². The summed E-state index contributed by atoms with van der Waals surface area (Å²) < 4.78 is 17.6. The molecule has 12 aromatic carbocycles. The van der Waals surface area contributed by atoms with Crippen LogP contribution in [0.3, 0.4) is 0 Å². The zero-order chi connectivity index (χ0) is 91.3. The van der Waals surface area contributed by atoms with Crippen LogP contribution in [0.5, 0.6) is 0 Å². The number of aromatic nitrogens is 8. The van der Waals surface area contributed by atoms with Gasteiger partial charge in [-0.2, -0.15) is 0 Å². The number of nitrogens with two attached hydrogens (primary N) is 1. The zero-order valence-electron chi connectivity index (χ0n) is 67.4. The van der Waals surface area contributed by atoms with E-state index in [2.05, 4.69) is 35.8 Å². The number of rotatable bonds is 18. The summed E-state index contributed by atoms with van der Waals surface area (Å²) in [6, 6.07) is 71.3. The molecule has 0 atom stereocenters. The van der Waals surface area contributed by atoms with E-state index in [4.69, 9.17) is 30.5 Å². The highest BCUT2D eigenvalue weighted by Gasteiger charge is 2.20. The number of esters is 3. The molecule has 0 spiro atoms. The molecule has 0 aliphatic heterocycles. The number of nitrogens with zero attached hydrogens (tertiary/aromatic N) is 12. The third-order valence-corrected chi connectivity index (χ3v) is 18.2. The summed E-state index contributed by atoms with van der Waals surface area (Å²) in [6.45, 7) is 9.95. The summed E-state index contributed by atoms with van der Waals surface area (Å²) in [5.41, 5.74) is 21.9. The van der Waals surface area contributed by atoms with Crippen molar-refractivity contribution in [2.45, 2.75) is 34.6 Å². The molecule has 0 unspecified atom stereocenters. The van der Waals surface area contributed by atoms with Crippen molar-refractivity contribution < 1.29 is 87.9 Å². The van der Waals surface area contributed by atoms with Crippen LogP contribution in [0, 0.1) is 78.6 Å². The maximum absolute atomic E-state index is 11.9. The molecule has 2 aromatic heterocycles. The molecule has 0 aliphatic rings. The first kappa shape index (κ1) is 93.7. The number of nitro groups is 4. The Morgan fingerprint density at radius 2 is 0.592 bits per heavy atom. The number of ether oxygens (including phenoxy) is 3. The van der Waals surface area contributed by atoms with Crippen molar-refractivity contribution in [2.75, 3.05) is 27.1 Å². The van der Waals surface area contributed by atoms with E-state index in [-0.39, 0.29) is 56.5 Å². The van der Waals surface area contributed by atoms with Crippen LogP contribution < -0.4 is 5.73 Å². The van der Waals surface area contributed by atoms with Crippen molar-refractivity contribution in [1.29, 1.82) is 0 Å². The van der Waals surface area contributed by atoms with E-state index < -0.39 is 55.5 Å². The summed E-state index contributed by atoms with van der Waals surface area (Å²) in [6.07, 6.45) is 2.91. The van der Waals surface area contributed by atoms with Gasteiger partial charge in [0.1, 0.15) is 12.7 Å². The maximum Gasteiger partial charge on any atom is 0.338 e. The molecule has 35 nitrogen and oxygen atoms in total. The molecule has 14 aromatic rings. The second kappa shape index (κ2) is 44.3. The van der Waals surface area contributed by atoms with Gasteiger partial charge >= 0.3 is 41.8 Å². The lowest BCUT2D eigenvalue weighted by Gasteiger charge is -2.09. The number of methoxy groups -OCH3 is 3. The van der Waals surface area contributed by atoms with E-state index in [9.17, 15) is 79.1 Å². The van der Waals surface area contributed by atoms with E-state index in [1.54, 1.807) is 48.5 Å². The molecule has 0 amide bonds. The van der Waals surface area contributed by atoms with E-state index in [0.29, 0.717) is 42.9 Å². The topological polar surface area (TPSA) is 514 Å². The minimum atomic E-state index is -1.18. The average Bonchev–Trinajstić information content (AvgIpc) is 1.75.